The number of benzene rings is 2. The lowest BCUT2D eigenvalue weighted by Gasteiger charge is -2.32. The van der Waals surface area contributed by atoms with Gasteiger partial charge >= 0.3 is 0 Å². The summed E-state index contributed by atoms with van der Waals surface area (Å²) in [6.45, 7) is 4.64. The highest BCUT2D eigenvalue weighted by atomic mass is 16.2. The summed E-state index contributed by atoms with van der Waals surface area (Å²) < 4.78 is 2.12. The van der Waals surface area contributed by atoms with Gasteiger partial charge in [0.25, 0.3) is 0 Å². The van der Waals surface area contributed by atoms with Crippen LogP contribution in [0.4, 0.5) is 0 Å². The molecule has 1 N–H and O–H groups in total. The number of hydrogen-bond acceptors (Lipinski definition) is 3. The van der Waals surface area contributed by atoms with E-state index in [-0.39, 0.29) is 5.91 Å². The largest absolute Gasteiger partial charge is 0.343 e. The number of nitrogens with zero attached hydrogens (tertiary/aromatic N) is 4. The molecule has 0 saturated carbocycles. The van der Waals surface area contributed by atoms with Crippen molar-refractivity contribution >= 4 is 16.8 Å². The Hall–Kier alpha value is -3.41. The Morgan fingerprint density at radius 1 is 1.09 bits per heavy atom. The Labute approximate surface area is 188 Å². The number of aromatic nitrogens is 4. The second-order valence-electron chi connectivity index (χ2n) is 8.82. The van der Waals surface area contributed by atoms with Crippen LogP contribution in [0.25, 0.3) is 22.0 Å². The number of carbonyl (C=O) groups excluding carboxylic acids is 1. The van der Waals surface area contributed by atoms with E-state index in [1.165, 1.54) is 5.56 Å². The monoisotopic (exact) mass is 427 g/mol. The summed E-state index contributed by atoms with van der Waals surface area (Å²) in [6, 6.07) is 16.7. The normalized spacial score (nSPS) is 14.8. The number of aromatic amines is 1. The minimum atomic E-state index is 0.277. The summed E-state index contributed by atoms with van der Waals surface area (Å²) in [6.07, 6.45) is 7.30. The van der Waals surface area contributed by atoms with E-state index in [0.29, 0.717) is 12.3 Å². The fourth-order valence-corrected chi connectivity index (χ4v) is 4.71. The number of aryl methyl sites for hydroxylation is 2. The Bertz CT molecular complexity index is 1200. The zero-order chi connectivity index (χ0) is 21.9. The zero-order valence-corrected chi connectivity index (χ0v) is 18.5. The van der Waals surface area contributed by atoms with E-state index < -0.39 is 0 Å². The molecule has 0 unspecified atom stereocenters. The number of rotatable bonds is 6. The van der Waals surface area contributed by atoms with Gasteiger partial charge < -0.3 is 4.90 Å². The van der Waals surface area contributed by atoms with Crippen molar-refractivity contribution in [2.45, 2.75) is 39.2 Å². The number of amides is 1. The first-order valence-electron chi connectivity index (χ1n) is 11.4. The number of hydrogen-bond donors (Lipinski definition) is 1. The lowest BCUT2D eigenvalue weighted by molar-refractivity contribution is -0.132. The van der Waals surface area contributed by atoms with Crippen molar-refractivity contribution < 1.29 is 4.79 Å². The standard InChI is InChI=1S/C26H29N5O/c1-19-24(17-27-29-19)22-8-9-25-23(15-22)16-28-31(25)18-21-11-13-30(14-12-21)26(32)10-7-20-5-3-2-4-6-20/h2-6,8-9,15-17,21H,7,10-14,18H2,1H3,(H,27,29). The van der Waals surface area contributed by atoms with Gasteiger partial charge in [0.2, 0.25) is 5.91 Å². The van der Waals surface area contributed by atoms with Gasteiger partial charge in [-0.15, -0.1) is 0 Å². The van der Waals surface area contributed by atoms with Gasteiger partial charge in [-0.25, -0.2) is 0 Å². The van der Waals surface area contributed by atoms with E-state index in [0.717, 1.165) is 66.6 Å². The molecule has 6 nitrogen and oxygen atoms in total. The van der Waals surface area contributed by atoms with Crippen LogP contribution in [0, 0.1) is 12.8 Å². The maximum absolute atomic E-state index is 12.6. The van der Waals surface area contributed by atoms with Gasteiger partial charge in [0.05, 0.1) is 17.9 Å². The highest BCUT2D eigenvalue weighted by Crippen LogP contribution is 2.27. The molecule has 0 aliphatic carbocycles. The minimum absolute atomic E-state index is 0.277. The van der Waals surface area contributed by atoms with Crippen molar-refractivity contribution in [1.29, 1.82) is 0 Å². The average Bonchev–Trinajstić information content (AvgIpc) is 3.44. The smallest absolute Gasteiger partial charge is 0.222 e. The number of nitrogens with one attached hydrogen (secondary N) is 1. The van der Waals surface area contributed by atoms with E-state index in [1.807, 2.05) is 42.4 Å². The molecule has 0 atom stereocenters. The van der Waals surface area contributed by atoms with Crippen LogP contribution < -0.4 is 0 Å². The SMILES string of the molecule is Cc1[nH]ncc1-c1ccc2c(cnn2CC2CCN(C(=O)CCc3ccccc3)CC2)c1. The van der Waals surface area contributed by atoms with Gasteiger partial charge in [-0.3, -0.25) is 14.6 Å². The summed E-state index contributed by atoms with van der Waals surface area (Å²) >= 11 is 0. The molecule has 1 aliphatic heterocycles. The fraction of sp³-hybridized carbons (Fsp3) is 0.346. The predicted octanol–water partition coefficient (Wildman–Crippen LogP) is 4.61. The van der Waals surface area contributed by atoms with Crippen LogP contribution in [0.5, 0.6) is 0 Å². The molecule has 2 aromatic carbocycles. The zero-order valence-electron chi connectivity index (χ0n) is 18.5. The molecule has 0 radical (unpaired) electrons. The quantitative estimate of drug-likeness (QED) is 0.489. The van der Waals surface area contributed by atoms with Gasteiger partial charge in [0.15, 0.2) is 0 Å². The third-order valence-corrected chi connectivity index (χ3v) is 6.65. The Balaban J connectivity index is 1.17. The van der Waals surface area contributed by atoms with E-state index >= 15 is 0 Å². The lowest BCUT2D eigenvalue weighted by atomic mass is 9.96. The maximum atomic E-state index is 12.6. The van der Waals surface area contributed by atoms with Crippen LogP contribution in [0.3, 0.4) is 0 Å². The minimum Gasteiger partial charge on any atom is -0.343 e. The van der Waals surface area contributed by atoms with E-state index in [4.69, 9.17) is 0 Å². The average molecular weight is 428 g/mol. The molecule has 1 fully saturated rings. The summed E-state index contributed by atoms with van der Waals surface area (Å²) in [4.78, 5) is 14.7. The van der Waals surface area contributed by atoms with Crippen LogP contribution in [0.2, 0.25) is 0 Å². The second-order valence-corrected chi connectivity index (χ2v) is 8.82. The predicted molar refractivity (Wildman–Crippen MR) is 126 cm³/mol. The van der Waals surface area contributed by atoms with Crippen molar-refractivity contribution in [3.8, 4) is 11.1 Å². The first-order valence-corrected chi connectivity index (χ1v) is 11.4. The Morgan fingerprint density at radius 3 is 2.66 bits per heavy atom. The molecule has 164 valence electrons. The van der Waals surface area contributed by atoms with E-state index in [2.05, 4.69) is 50.3 Å². The highest BCUT2D eigenvalue weighted by Gasteiger charge is 2.23. The van der Waals surface area contributed by atoms with Crippen molar-refractivity contribution in [2.24, 2.45) is 5.92 Å². The molecule has 1 aliphatic rings. The van der Waals surface area contributed by atoms with Crippen molar-refractivity contribution in [3.05, 3.63) is 72.2 Å². The number of piperidine rings is 1. The Morgan fingerprint density at radius 2 is 1.91 bits per heavy atom. The van der Waals surface area contributed by atoms with Gasteiger partial charge in [0, 0.05) is 42.7 Å². The summed E-state index contributed by atoms with van der Waals surface area (Å²) in [5.41, 5.74) is 5.75. The highest BCUT2D eigenvalue weighted by molar-refractivity contribution is 5.84. The molecular formula is C26H29N5O. The molecule has 6 heteroatoms. The molecule has 1 amide bonds. The molecule has 1 saturated heterocycles. The van der Waals surface area contributed by atoms with Crippen molar-refractivity contribution in [2.75, 3.05) is 13.1 Å². The van der Waals surface area contributed by atoms with Gasteiger partial charge in [-0.05, 0) is 55.4 Å². The molecule has 0 spiro atoms. The topological polar surface area (TPSA) is 66.8 Å². The molecule has 32 heavy (non-hydrogen) atoms. The first kappa shape index (κ1) is 20.5. The molecule has 3 heterocycles. The van der Waals surface area contributed by atoms with Gasteiger partial charge in [-0.2, -0.15) is 10.2 Å². The van der Waals surface area contributed by atoms with Crippen molar-refractivity contribution in [1.82, 2.24) is 24.9 Å². The molecule has 5 rings (SSSR count). The van der Waals surface area contributed by atoms with E-state index in [1.54, 1.807) is 0 Å². The van der Waals surface area contributed by atoms with Crippen LogP contribution in [0.1, 0.15) is 30.5 Å². The number of H-pyrrole nitrogens is 1. The van der Waals surface area contributed by atoms with Gasteiger partial charge in [0.1, 0.15) is 0 Å². The molecule has 4 aromatic rings. The molecule has 2 aromatic heterocycles. The maximum Gasteiger partial charge on any atom is 0.222 e. The molecule has 0 bridgehead atoms. The lowest BCUT2D eigenvalue weighted by Crippen LogP contribution is -2.39. The fourth-order valence-electron chi connectivity index (χ4n) is 4.71. The number of carbonyl (C=O) groups is 1. The van der Waals surface area contributed by atoms with Crippen molar-refractivity contribution in [3.63, 3.8) is 0 Å². The van der Waals surface area contributed by atoms with Crippen LogP contribution >= 0.6 is 0 Å². The van der Waals surface area contributed by atoms with Crippen LogP contribution in [-0.2, 0) is 17.8 Å². The summed E-state index contributed by atoms with van der Waals surface area (Å²) in [5.74, 6) is 0.825. The van der Waals surface area contributed by atoms with Crippen LogP contribution in [0.15, 0.2) is 60.9 Å². The second kappa shape index (κ2) is 8.99. The number of likely N-dealkylation sites (tertiary alicyclic amines) is 1. The van der Waals surface area contributed by atoms with E-state index in [9.17, 15) is 4.79 Å². The summed E-state index contributed by atoms with van der Waals surface area (Å²) in [5, 5.41) is 12.9. The molecular weight excluding hydrogens is 398 g/mol. The van der Waals surface area contributed by atoms with Gasteiger partial charge in [-0.1, -0.05) is 36.4 Å². The third kappa shape index (κ3) is 4.31. The number of fused-ring (bicyclic) bond motifs is 1. The third-order valence-electron chi connectivity index (χ3n) is 6.65. The van der Waals surface area contributed by atoms with Crippen LogP contribution in [-0.4, -0.2) is 43.9 Å². The first-order chi connectivity index (χ1) is 15.7. The Kier molecular flexibility index (Phi) is 5.75. The summed E-state index contributed by atoms with van der Waals surface area (Å²) in [7, 11) is 0.